The van der Waals surface area contributed by atoms with E-state index < -0.39 is 11.4 Å². The predicted molar refractivity (Wildman–Crippen MR) is 180 cm³/mol. The number of allylic oxidation sites excluding steroid dienone is 2. The normalized spacial score (nSPS) is 42.5. The van der Waals surface area contributed by atoms with Gasteiger partial charge < -0.3 is 20.7 Å². The topological polar surface area (TPSA) is 127 Å². The number of esters is 1. The van der Waals surface area contributed by atoms with E-state index >= 15 is 0 Å². The zero-order chi connectivity index (χ0) is 34.1. The number of carboxylic acids is 1. The van der Waals surface area contributed by atoms with E-state index in [1.54, 1.807) is 31.2 Å². The van der Waals surface area contributed by atoms with Crippen LogP contribution in [0.5, 0.6) is 0 Å². The summed E-state index contributed by atoms with van der Waals surface area (Å²) in [7, 11) is 0. The lowest BCUT2D eigenvalue weighted by molar-refractivity contribution is -0.202. The number of rotatable bonds is 3. The Hall–Kier alpha value is -2.67. The molecule has 5 aliphatic carbocycles. The van der Waals surface area contributed by atoms with Crippen LogP contribution >= 0.6 is 0 Å². The van der Waals surface area contributed by atoms with Crippen LogP contribution in [-0.2, 0) is 14.3 Å². The molecular formula is C39H57NO6. The Bertz CT molecular complexity index is 1420. The van der Waals surface area contributed by atoms with E-state index in [1.807, 2.05) is 13.0 Å². The second kappa shape index (κ2) is 11.5. The van der Waals surface area contributed by atoms with Crippen molar-refractivity contribution in [1.82, 2.24) is 0 Å². The van der Waals surface area contributed by atoms with Gasteiger partial charge in [0.2, 0.25) is 0 Å². The predicted octanol–water partition coefficient (Wildman–Crippen LogP) is 7.86. The van der Waals surface area contributed by atoms with Crippen LogP contribution in [0.3, 0.4) is 0 Å². The van der Waals surface area contributed by atoms with Gasteiger partial charge in [-0.3, -0.25) is 9.59 Å². The maximum absolute atomic E-state index is 14.2. The van der Waals surface area contributed by atoms with Crippen molar-refractivity contribution < 1.29 is 29.3 Å². The van der Waals surface area contributed by atoms with E-state index in [1.165, 1.54) is 5.57 Å². The number of aliphatic hydroxyl groups is 1. The molecule has 0 unspecified atom stereocenters. The number of hydrogen-bond donors (Lipinski definition) is 3. The molecule has 4 N–H and O–H groups in total. The van der Waals surface area contributed by atoms with E-state index in [0.717, 1.165) is 51.4 Å². The second-order valence-corrected chi connectivity index (χ2v) is 17.3. The van der Waals surface area contributed by atoms with Crippen molar-refractivity contribution >= 4 is 23.4 Å². The molecule has 0 aliphatic heterocycles. The largest absolute Gasteiger partial charge is 0.481 e. The maximum atomic E-state index is 14.2. The first-order valence-electron chi connectivity index (χ1n) is 17.5. The Morgan fingerprint density at radius 2 is 1.54 bits per heavy atom. The van der Waals surface area contributed by atoms with Crippen molar-refractivity contribution in [2.24, 2.45) is 50.2 Å². The van der Waals surface area contributed by atoms with E-state index in [2.05, 4.69) is 41.5 Å². The Kier molecular flexibility index (Phi) is 8.66. The third kappa shape index (κ3) is 5.14. The molecule has 0 aromatic heterocycles. The van der Waals surface area contributed by atoms with E-state index in [-0.39, 0.29) is 56.8 Å². The standard InChI is InChI=1S/C30H46O4.C9H11NO2/c1-25(2)21-8-11-30(7)23(28(21,5)10-9-22(25)32)20(31)16-18-19-17-27(4,24(33)34)13-12-26(19,3)14-15-29(18,30)6;1-2-12-9(11)7-3-5-8(10)6-4-7/h16,19,21-23,32H,8-15,17H2,1-7H3,(H,33,34);3-6H,2,10H2,1H3/t19-,21-,22-,23+,26+,27-,28-,29+,30+;/m0./s1. The molecule has 5 aliphatic rings. The molecule has 9 atom stereocenters. The smallest absolute Gasteiger partial charge is 0.338 e. The fourth-order valence-corrected chi connectivity index (χ4v) is 11.2. The molecule has 254 valence electrons. The highest BCUT2D eigenvalue weighted by Crippen LogP contribution is 2.75. The molecule has 0 heterocycles. The number of aliphatic carboxylic acids is 1. The summed E-state index contributed by atoms with van der Waals surface area (Å²) in [6.45, 7) is 18.0. The van der Waals surface area contributed by atoms with Crippen LogP contribution in [0.25, 0.3) is 0 Å². The number of anilines is 1. The lowest BCUT2D eigenvalue weighted by Gasteiger charge is -2.70. The molecule has 7 heteroatoms. The zero-order valence-electron chi connectivity index (χ0n) is 29.4. The van der Waals surface area contributed by atoms with Crippen LogP contribution in [0, 0.1) is 50.2 Å². The number of carboxylic acid groups (broad SMARTS) is 1. The first-order chi connectivity index (χ1) is 21.3. The van der Waals surface area contributed by atoms with Gasteiger partial charge in [-0.1, -0.05) is 47.1 Å². The number of benzene rings is 1. The lowest BCUT2D eigenvalue weighted by Crippen LogP contribution is -2.66. The number of nitrogens with two attached hydrogens (primary N) is 1. The van der Waals surface area contributed by atoms with E-state index in [0.29, 0.717) is 30.2 Å². The van der Waals surface area contributed by atoms with Gasteiger partial charge in [0.15, 0.2) is 5.78 Å². The first kappa shape index (κ1) is 34.7. The number of carbonyl (C=O) groups excluding carboxylic acids is 2. The highest BCUT2D eigenvalue weighted by Gasteiger charge is 2.70. The van der Waals surface area contributed by atoms with Crippen LogP contribution in [0.15, 0.2) is 35.9 Å². The summed E-state index contributed by atoms with van der Waals surface area (Å²) < 4.78 is 4.79. The number of aliphatic hydroxyl groups excluding tert-OH is 1. The van der Waals surface area contributed by atoms with Gasteiger partial charge >= 0.3 is 11.9 Å². The molecule has 6 rings (SSSR count). The van der Waals surface area contributed by atoms with Crippen LogP contribution in [-0.4, -0.2) is 40.6 Å². The Morgan fingerprint density at radius 3 is 2.15 bits per heavy atom. The molecule has 4 saturated carbocycles. The van der Waals surface area contributed by atoms with Crippen LogP contribution in [0.2, 0.25) is 0 Å². The fourth-order valence-electron chi connectivity index (χ4n) is 11.2. The quantitative estimate of drug-likeness (QED) is 0.228. The molecule has 0 amide bonds. The maximum Gasteiger partial charge on any atom is 0.338 e. The zero-order valence-corrected chi connectivity index (χ0v) is 29.4. The molecule has 46 heavy (non-hydrogen) atoms. The molecule has 1 aromatic rings. The SMILES string of the molecule is CC1(C)[C@@H](O)CC[C@]2(C)[C@H]3C(=O)C=C4[C@@H]5C[C@@](C)(C(=O)O)CC[C@]5(C)CC[C@@]4(C)[C@]3(C)CC[C@@H]12.CCOC(=O)c1ccc(N)cc1. The highest BCUT2D eigenvalue weighted by atomic mass is 16.5. The van der Waals surface area contributed by atoms with Gasteiger partial charge in [0.05, 0.1) is 23.7 Å². The van der Waals surface area contributed by atoms with Gasteiger partial charge in [-0.05, 0) is 141 Å². The number of hydrogen-bond acceptors (Lipinski definition) is 6. The van der Waals surface area contributed by atoms with E-state index in [4.69, 9.17) is 10.5 Å². The molecule has 7 nitrogen and oxygen atoms in total. The fraction of sp³-hybridized carbons (Fsp3) is 0.718. The number of nitrogen functional groups attached to an aromatic ring is 1. The number of ether oxygens (including phenoxy) is 1. The minimum absolute atomic E-state index is 0.0296. The first-order valence-corrected chi connectivity index (χ1v) is 17.5. The summed E-state index contributed by atoms with van der Waals surface area (Å²) in [5.41, 5.74) is 6.77. The van der Waals surface area contributed by atoms with Crippen molar-refractivity contribution in [3.8, 4) is 0 Å². The molecule has 0 radical (unpaired) electrons. The highest BCUT2D eigenvalue weighted by molar-refractivity contribution is 5.95. The van der Waals surface area contributed by atoms with Crippen molar-refractivity contribution in [2.45, 2.75) is 119 Å². The van der Waals surface area contributed by atoms with Crippen molar-refractivity contribution in [1.29, 1.82) is 0 Å². The van der Waals surface area contributed by atoms with Gasteiger partial charge in [0.25, 0.3) is 0 Å². The number of fused-ring (bicyclic) bond motifs is 7. The second-order valence-electron chi connectivity index (χ2n) is 17.3. The average Bonchev–Trinajstić information content (AvgIpc) is 2.98. The minimum Gasteiger partial charge on any atom is -0.481 e. The van der Waals surface area contributed by atoms with Crippen LogP contribution < -0.4 is 5.73 Å². The number of carbonyl (C=O) groups is 3. The summed E-state index contributed by atoms with van der Waals surface area (Å²) in [5.74, 6) is -0.248. The van der Waals surface area contributed by atoms with Crippen molar-refractivity contribution in [3.63, 3.8) is 0 Å². The molecule has 0 saturated heterocycles. The van der Waals surface area contributed by atoms with Gasteiger partial charge in [-0.15, -0.1) is 0 Å². The average molecular weight is 636 g/mol. The third-order valence-electron chi connectivity index (χ3n) is 14.5. The van der Waals surface area contributed by atoms with Crippen LogP contribution in [0.4, 0.5) is 5.69 Å². The van der Waals surface area contributed by atoms with Crippen molar-refractivity contribution in [3.05, 3.63) is 41.5 Å². The summed E-state index contributed by atoms with van der Waals surface area (Å²) in [5, 5.41) is 20.9. The van der Waals surface area contributed by atoms with Gasteiger partial charge in [-0.2, -0.15) is 0 Å². The Balaban J connectivity index is 0.000000293. The molecule has 4 fully saturated rings. The van der Waals surface area contributed by atoms with E-state index in [9.17, 15) is 24.6 Å². The molecule has 0 spiro atoms. The van der Waals surface area contributed by atoms with Gasteiger partial charge in [0.1, 0.15) is 0 Å². The van der Waals surface area contributed by atoms with Gasteiger partial charge in [-0.25, -0.2) is 4.79 Å². The van der Waals surface area contributed by atoms with Gasteiger partial charge in [0, 0.05) is 11.6 Å². The Labute approximate surface area is 275 Å². The summed E-state index contributed by atoms with van der Waals surface area (Å²) in [6.07, 6.45) is 9.95. The summed E-state index contributed by atoms with van der Waals surface area (Å²) in [6, 6.07) is 6.64. The number of ketones is 1. The van der Waals surface area contributed by atoms with Crippen LogP contribution in [0.1, 0.15) is 124 Å². The lowest BCUT2D eigenvalue weighted by atomic mass is 9.33. The molecule has 0 bridgehead atoms. The third-order valence-corrected chi connectivity index (χ3v) is 14.5. The Morgan fingerprint density at radius 1 is 0.913 bits per heavy atom. The van der Waals surface area contributed by atoms with Crippen molar-refractivity contribution in [2.75, 3.05) is 12.3 Å². The monoisotopic (exact) mass is 635 g/mol. The summed E-state index contributed by atoms with van der Waals surface area (Å²) in [4.78, 5) is 37.5. The summed E-state index contributed by atoms with van der Waals surface area (Å²) >= 11 is 0. The molecular weight excluding hydrogens is 578 g/mol. The molecule has 1 aromatic carbocycles. The minimum atomic E-state index is -0.711.